The zero-order chi connectivity index (χ0) is 13.3. The Balaban J connectivity index is 1.61. The van der Waals surface area contributed by atoms with Crippen molar-refractivity contribution in [1.82, 2.24) is 14.5 Å². The quantitative estimate of drug-likeness (QED) is 0.734. The van der Waals surface area contributed by atoms with Gasteiger partial charge in [-0.1, -0.05) is 6.07 Å². The summed E-state index contributed by atoms with van der Waals surface area (Å²) in [6.45, 7) is 6.69. The van der Waals surface area contributed by atoms with E-state index >= 15 is 0 Å². The molecule has 3 saturated heterocycles. The summed E-state index contributed by atoms with van der Waals surface area (Å²) < 4.78 is 8.70. The van der Waals surface area contributed by atoms with Crippen LogP contribution in [-0.2, 0) is 6.54 Å². The molecule has 2 aromatic rings. The molecule has 20 heavy (non-hydrogen) atoms. The van der Waals surface area contributed by atoms with Gasteiger partial charge in [-0.05, 0) is 50.6 Å². The summed E-state index contributed by atoms with van der Waals surface area (Å²) in [7, 11) is 0. The molecule has 1 spiro atoms. The highest BCUT2D eigenvalue weighted by molar-refractivity contribution is 5.78. The highest BCUT2D eigenvalue weighted by Crippen LogP contribution is 2.45. The van der Waals surface area contributed by atoms with Gasteiger partial charge in [0.25, 0.3) is 6.01 Å². The maximum atomic E-state index is 6.40. The molecule has 104 valence electrons. The van der Waals surface area contributed by atoms with E-state index in [2.05, 4.69) is 39.6 Å². The smallest absolute Gasteiger partial charge is 0.298 e. The number of hydrogen-bond acceptors (Lipinski definition) is 3. The van der Waals surface area contributed by atoms with Gasteiger partial charge in [0.15, 0.2) is 0 Å². The number of imidazole rings is 1. The van der Waals surface area contributed by atoms with Crippen molar-refractivity contribution in [3.8, 4) is 6.01 Å². The normalized spacial score (nSPS) is 34.6. The number of rotatable bonds is 0. The molecule has 0 aliphatic carbocycles. The van der Waals surface area contributed by atoms with E-state index in [4.69, 9.17) is 4.74 Å². The number of piperidine rings is 3. The Hall–Kier alpha value is -1.55. The van der Waals surface area contributed by atoms with Gasteiger partial charge in [0.2, 0.25) is 0 Å². The van der Waals surface area contributed by atoms with Crippen molar-refractivity contribution in [2.45, 2.75) is 31.9 Å². The van der Waals surface area contributed by atoms with E-state index in [9.17, 15) is 0 Å². The third kappa shape index (κ3) is 1.32. The summed E-state index contributed by atoms with van der Waals surface area (Å²) in [6.07, 6.45) is 2.56. The fraction of sp³-hybridized carbons (Fsp3) is 0.562. The van der Waals surface area contributed by atoms with Crippen LogP contribution in [0.1, 0.15) is 18.4 Å². The molecule has 0 amide bonds. The fourth-order valence-electron chi connectivity index (χ4n) is 4.34. The second-order valence-corrected chi connectivity index (χ2v) is 6.69. The van der Waals surface area contributed by atoms with E-state index in [0.29, 0.717) is 5.92 Å². The van der Waals surface area contributed by atoms with Gasteiger partial charge in [-0.15, -0.1) is 0 Å². The fourth-order valence-corrected chi connectivity index (χ4v) is 4.34. The molecule has 0 unspecified atom stereocenters. The molecule has 1 aromatic carbocycles. The first-order chi connectivity index (χ1) is 9.73. The maximum absolute atomic E-state index is 6.40. The maximum Gasteiger partial charge on any atom is 0.298 e. The molecule has 3 fully saturated rings. The van der Waals surface area contributed by atoms with Gasteiger partial charge in [-0.2, -0.15) is 4.98 Å². The van der Waals surface area contributed by atoms with Crippen molar-refractivity contribution in [1.29, 1.82) is 0 Å². The zero-order valence-corrected chi connectivity index (χ0v) is 11.8. The first-order valence-corrected chi connectivity index (χ1v) is 7.62. The second-order valence-electron chi connectivity index (χ2n) is 6.69. The van der Waals surface area contributed by atoms with Gasteiger partial charge in [0.05, 0.1) is 17.6 Å². The third-order valence-electron chi connectivity index (χ3n) is 5.41. The summed E-state index contributed by atoms with van der Waals surface area (Å²) in [4.78, 5) is 7.25. The average molecular weight is 269 g/mol. The summed E-state index contributed by atoms with van der Waals surface area (Å²) in [5.41, 5.74) is 3.57. The number of aromatic nitrogens is 2. The van der Waals surface area contributed by atoms with Crippen molar-refractivity contribution in [3.63, 3.8) is 0 Å². The van der Waals surface area contributed by atoms with Crippen LogP contribution in [0.15, 0.2) is 18.2 Å². The Labute approximate surface area is 118 Å². The van der Waals surface area contributed by atoms with Gasteiger partial charge in [-0.3, -0.25) is 9.47 Å². The third-order valence-corrected chi connectivity index (χ3v) is 5.41. The number of ether oxygens (including phenoxy) is 1. The molecule has 4 aliphatic heterocycles. The number of benzene rings is 1. The van der Waals surface area contributed by atoms with Crippen LogP contribution in [0.25, 0.3) is 11.0 Å². The van der Waals surface area contributed by atoms with E-state index in [1.807, 2.05) is 0 Å². The van der Waals surface area contributed by atoms with Crippen molar-refractivity contribution in [2.24, 2.45) is 5.92 Å². The minimum Gasteiger partial charge on any atom is -0.454 e. The molecule has 0 radical (unpaired) electrons. The van der Waals surface area contributed by atoms with Crippen LogP contribution in [0.4, 0.5) is 0 Å². The molecule has 0 N–H and O–H groups in total. The molecular formula is C16H19N3O. The number of fused-ring (bicyclic) bond motifs is 5. The Morgan fingerprint density at radius 2 is 2.10 bits per heavy atom. The lowest BCUT2D eigenvalue weighted by Gasteiger charge is -2.50. The van der Waals surface area contributed by atoms with Crippen molar-refractivity contribution in [2.75, 3.05) is 19.6 Å². The number of aryl methyl sites for hydroxylation is 1. The predicted octanol–water partition coefficient (Wildman–Crippen LogP) is 2.20. The Bertz CT molecular complexity index is 699. The Morgan fingerprint density at radius 1 is 1.25 bits per heavy atom. The van der Waals surface area contributed by atoms with Crippen LogP contribution in [0, 0.1) is 12.8 Å². The molecule has 0 saturated carbocycles. The zero-order valence-electron chi connectivity index (χ0n) is 11.8. The highest BCUT2D eigenvalue weighted by atomic mass is 16.5. The monoisotopic (exact) mass is 269 g/mol. The number of hydrogen-bond donors (Lipinski definition) is 0. The molecule has 4 nitrogen and oxygen atoms in total. The van der Waals surface area contributed by atoms with Crippen LogP contribution >= 0.6 is 0 Å². The summed E-state index contributed by atoms with van der Waals surface area (Å²) >= 11 is 0. The minimum atomic E-state index is -0.00320. The molecule has 4 aliphatic rings. The van der Waals surface area contributed by atoms with Gasteiger partial charge in [0, 0.05) is 12.5 Å². The molecule has 4 heteroatoms. The molecule has 2 bridgehead atoms. The SMILES string of the molecule is Cc1ccc2nc3n(c2c1)C[C@@]1(CN2CCC1CC2)O3. The van der Waals surface area contributed by atoms with Crippen LogP contribution < -0.4 is 4.74 Å². The van der Waals surface area contributed by atoms with Crippen molar-refractivity contribution >= 4 is 11.0 Å². The Morgan fingerprint density at radius 3 is 2.85 bits per heavy atom. The topological polar surface area (TPSA) is 30.3 Å². The second kappa shape index (κ2) is 3.55. The number of nitrogens with zero attached hydrogens (tertiary/aromatic N) is 3. The van der Waals surface area contributed by atoms with Gasteiger partial charge < -0.3 is 4.74 Å². The summed E-state index contributed by atoms with van der Waals surface area (Å²) in [6, 6.07) is 7.28. The highest BCUT2D eigenvalue weighted by Gasteiger charge is 2.53. The summed E-state index contributed by atoms with van der Waals surface area (Å²) in [5.74, 6) is 0.703. The molecule has 6 rings (SSSR count). The van der Waals surface area contributed by atoms with Crippen molar-refractivity contribution in [3.05, 3.63) is 23.8 Å². The minimum absolute atomic E-state index is 0.00320. The van der Waals surface area contributed by atoms with Crippen LogP contribution in [-0.4, -0.2) is 39.7 Å². The molecule has 1 aromatic heterocycles. The van der Waals surface area contributed by atoms with E-state index in [0.717, 1.165) is 24.6 Å². The van der Waals surface area contributed by atoms with Crippen LogP contribution in [0.5, 0.6) is 6.01 Å². The standard InChI is InChI=1S/C16H19N3O/c1-11-2-3-13-14(8-11)19-10-16(20-15(19)17-13)9-18-6-4-12(16)5-7-18/h2-3,8,12H,4-7,9-10H2,1H3/t16-/m1/s1. The van der Waals surface area contributed by atoms with Crippen molar-refractivity contribution < 1.29 is 4.74 Å². The lowest BCUT2D eigenvalue weighted by molar-refractivity contribution is -0.0832. The van der Waals surface area contributed by atoms with Crippen LogP contribution in [0.3, 0.4) is 0 Å². The lowest BCUT2D eigenvalue weighted by Crippen LogP contribution is -2.61. The van der Waals surface area contributed by atoms with E-state index in [-0.39, 0.29) is 5.60 Å². The van der Waals surface area contributed by atoms with E-state index < -0.39 is 0 Å². The summed E-state index contributed by atoms with van der Waals surface area (Å²) in [5, 5.41) is 0. The largest absolute Gasteiger partial charge is 0.454 e. The van der Waals surface area contributed by atoms with Gasteiger partial charge in [-0.25, -0.2) is 0 Å². The molecular weight excluding hydrogens is 250 g/mol. The first-order valence-electron chi connectivity index (χ1n) is 7.62. The van der Waals surface area contributed by atoms with Gasteiger partial charge in [0.1, 0.15) is 5.60 Å². The van der Waals surface area contributed by atoms with Gasteiger partial charge >= 0.3 is 0 Å². The molecule has 5 heterocycles. The first kappa shape index (κ1) is 11.1. The van der Waals surface area contributed by atoms with Crippen LogP contribution in [0.2, 0.25) is 0 Å². The Kier molecular flexibility index (Phi) is 1.98. The van der Waals surface area contributed by atoms with E-state index in [1.54, 1.807) is 0 Å². The average Bonchev–Trinajstić information content (AvgIpc) is 2.95. The van der Waals surface area contributed by atoms with E-state index in [1.165, 1.54) is 37.0 Å². The predicted molar refractivity (Wildman–Crippen MR) is 77.0 cm³/mol. The molecule has 1 atom stereocenters. The lowest BCUT2D eigenvalue weighted by atomic mass is 9.75.